The van der Waals surface area contributed by atoms with Crippen LogP contribution < -0.4 is 11.1 Å². The molecule has 0 aliphatic carbocycles. The van der Waals surface area contributed by atoms with Crippen molar-refractivity contribution in [1.29, 1.82) is 0 Å². The molecule has 1 heterocycles. The summed E-state index contributed by atoms with van der Waals surface area (Å²) in [5, 5.41) is 5.04. The Kier molecular flexibility index (Phi) is 5.10. The monoisotopic (exact) mass is 380 g/mol. The van der Waals surface area contributed by atoms with E-state index in [4.69, 9.17) is 5.73 Å². The number of carbonyl (C=O) groups excluding carboxylic acids is 1. The molecule has 0 radical (unpaired) electrons. The number of benzene rings is 1. The minimum atomic E-state index is -1.05. The fourth-order valence-electron chi connectivity index (χ4n) is 2.16. The summed E-state index contributed by atoms with van der Waals surface area (Å²) in [4.78, 5) is 13.8. The maximum Gasteiger partial charge on any atom is 0.244 e. The second-order valence-corrected chi connectivity index (χ2v) is 8.12. The van der Waals surface area contributed by atoms with E-state index in [0.29, 0.717) is 6.54 Å². The zero-order chi connectivity index (χ0) is 16.4. The fraction of sp³-hybridized carbons (Fsp3) is 0.353. The number of hydrogen-bond acceptors (Lipinski definition) is 3. The van der Waals surface area contributed by atoms with Crippen molar-refractivity contribution in [3.63, 3.8) is 0 Å². The Balaban J connectivity index is 2.06. The highest BCUT2D eigenvalue weighted by Gasteiger charge is 2.32. The van der Waals surface area contributed by atoms with Gasteiger partial charge in [-0.25, -0.2) is 0 Å². The lowest BCUT2D eigenvalue weighted by Gasteiger charge is -2.28. The minimum Gasteiger partial charge on any atom is -0.353 e. The Morgan fingerprint density at radius 1 is 1.23 bits per heavy atom. The molecule has 0 aliphatic rings. The molecule has 0 bridgehead atoms. The SMILES string of the molecule is CC(C)(CNC(=O)C(C)(N)c1ccc(Br)cc1)c1cccs1. The van der Waals surface area contributed by atoms with Crippen LogP contribution in [0.3, 0.4) is 0 Å². The van der Waals surface area contributed by atoms with Gasteiger partial charge in [0.1, 0.15) is 5.54 Å². The number of amides is 1. The van der Waals surface area contributed by atoms with Gasteiger partial charge in [-0.2, -0.15) is 0 Å². The van der Waals surface area contributed by atoms with Crippen molar-refractivity contribution in [1.82, 2.24) is 5.32 Å². The third-order valence-corrected chi connectivity index (χ3v) is 5.56. The molecule has 0 fully saturated rings. The predicted octanol–water partition coefficient (Wildman–Crippen LogP) is 3.78. The summed E-state index contributed by atoms with van der Waals surface area (Å²) < 4.78 is 0.964. The first kappa shape index (κ1) is 17.2. The smallest absolute Gasteiger partial charge is 0.244 e. The Morgan fingerprint density at radius 3 is 2.41 bits per heavy atom. The van der Waals surface area contributed by atoms with Crippen molar-refractivity contribution in [2.24, 2.45) is 5.73 Å². The van der Waals surface area contributed by atoms with Crippen molar-refractivity contribution >= 4 is 33.2 Å². The maximum atomic E-state index is 12.5. The predicted molar refractivity (Wildman–Crippen MR) is 96.0 cm³/mol. The molecule has 3 nitrogen and oxygen atoms in total. The molecule has 1 unspecified atom stereocenters. The van der Waals surface area contributed by atoms with Crippen molar-refractivity contribution in [3.05, 3.63) is 56.7 Å². The summed E-state index contributed by atoms with van der Waals surface area (Å²) in [7, 11) is 0. The lowest BCUT2D eigenvalue weighted by molar-refractivity contribution is -0.126. The summed E-state index contributed by atoms with van der Waals surface area (Å²) in [6.45, 7) is 6.53. The molecule has 2 rings (SSSR count). The molecule has 0 saturated carbocycles. The van der Waals surface area contributed by atoms with Gasteiger partial charge in [0.05, 0.1) is 0 Å². The summed E-state index contributed by atoms with van der Waals surface area (Å²) in [6.07, 6.45) is 0. The van der Waals surface area contributed by atoms with Crippen LogP contribution in [-0.4, -0.2) is 12.5 Å². The molecule has 0 spiro atoms. The van der Waals surface area contributed by atoms with Gasteiger partial charge in [-0.05, 0) is 36.1 Å². The Labute approximate surface area is 144 Å². The number of rotatable bonds is 5. The van der Waals surface area contributed by atoms with Crippen LogP contribution in [0.5, 0.6) is 0 Å². The van der Waals surface area contributed by atoms with Gasteiger partial charge < -0.3 is 11.1 Å². The van der Waals surface area contributed by atoms with E-state index in [1.807, 2.05) is 35.7 Å². The second kappa shape index (κ2) is 6.52. The van der Waals surface area contributed by atoms with Crippen LogP contribution in [0.1, 0.15) is 31.2 Å². The van der Waals surface area contributed by atoms with E-state index in [2.05, 4.69) is 41.2 Å². The van der Waals surface area contributed by atoms with E-state index < -0.39 is 5.54 Å². The molecule has 22 heavy (non-hydrogen) atoms. The Hall–Kier alpha value is -1.17. The molecule has 5 heteroatoms. The van der Waals surface area contributed by atoms with E-state index >= 15 is 0 Å². The van der Waals surface area contributed by atoms with Gasteiger partial charge in [-0.3, -0.25) is 4.79 Å². The van der Waals surface area contributed by atoms with Crippen LogP contribution in [0.25, 0.3) is 0 Å². The molecule has 1 aromatic carbocycles. The second-order valence-electron chi connectivity index (χ2n) is 6.25. The highest BCUT2D eigenvalue weighted by Crippen LogP contribution is 2.27. The van der Waals surface area contributed by atoms with Crippen LogP contribution in [-0.2, 0) is 15.7 Å². The number of nitrogens with two attached hydrogens (primary N) is 1. The van der Waals surface area contributed by atoms with Gasteiger partial charge in [0, 0.05) is 21.3 Å². The molecule has 2 aromatic rings. The zero-order valence-corrected chi connectivity index (χ0v) is 15.4. The molecule has 1 amide bonds. The molecule has 0 aliphatic heterocycles. The van der Waals surface area contributed by atoms with Crippen molar-refractivity contribution < 1.29 is 4.79 Å². The minimum absolute atomic E-state index is 0.111. The first-order valence-electron chi connectivity index (χ1n) is 7.11. The number of halogens is 1. The van der Waals surface area contributed by atoms with E-state index in [0.717, 1.165) is 10.0 Å². The van der Waals surface area contributed by atoms with E-state index in [1.165, 1.54) is 4.88 Å². The van der Waals surface area contributed by atoms with E-state index in [-0.39, 0.29) is 11.3 Å². The Bertz CT molecular complexity index is 633. The van der Waals surface area contributed by atoms with E-state index in [9.17, 15) is 4.79 Å². The number of hydrogen-bond donors (Lipinski definition) is 2. The summed E-state index contributed by atoms with van der Waals surface area (Å²) in [6, 6.07) is 11.6. The van der Waals surface area contributed by atoms with Crippen LogP contribution in [0, 0.1) is 0 Å². The lowest BCUT2D eigenvalue weighted by atomic mass is 9.89. The van der Waals surface area contributed by atoms with Crippen LogP contribution in [0.15, 0.2) is 46.3 Å². The largest absolute Gasteiger partial charge is 0.353 e. The molecule has 3 N–H and O–H groups in total. The summed E-state index contributed by atoms with van der Waals surface area (Å²) in [5.74, 6) is -0.167. The van der Waals surface area contributed by atoms with Crippen molar-refractivity contribution in [2.45, 2.75) is 31.7 Å². The van der Waals surface area contributed by atoms with Crippen LogP contribution in [0.2, 0.25) is 0 Å². The van der Waals surface area contributed by atoms with Gasteiger partial charge >= 0.3 is 0 Å². The van der Waals surface area contributed by atoms with Gasteiger partial charge in [-0.1, -0.05) is 48.0 Å². The van der Waals surface area contributed by atoms with Gasteiger partial charge in [0.25, 0.3) is 0 Å². The third kappa shape index (κ3) is 3.77. The summed E-state index contributed by atoms with van der Waals surface area (Å²) in [5.41, 5.74) is 5.89. The van der Waals surface area contributed by atoms with Crippen molar-refractivity contribution in [2.75, 3.05) is 6.54 Å². The highest BCUT2D eigenvalue weighted by molar-refractivity contribution is 9.10. The van der Waals surface area contributed by atoms with E-state index in [1.54, 1.807) is 18.3 Å². The fourth-order valence-corrected chi connectivity index (χ4v) is 3.28. The number of nitrogens with one attached hydrogen (secondary N) is 1. The standard InChI is InChI=1S/C17H21BrN2OS/c1-16(2,14-5-4-10-22-14)11-20-15(21)17(3,19)12-6-8-13(18)9-7-12/h4-10H,11,19H2,1-3H3,(H,20,21). The average Bonchev–Trinajstić information content (AvgIpc) is 3.00. The first-order chi connectivity index (χ1) is 10.2. The Morgan fingerprint density at radius 2 is 1.86 bits per heavy atom. The lowest BCUT2D eigenvalue weighted by Crippen LogP contribution is -2.51. The normalized spacial score (nSPS) is 14.4. The molecule has 1 aromatic heterocycles. The highest BCUT2D eigenvalue weighted by atomic mass is 79.9. The maximum absolute atomic E-state index is 12.5. The molecule has 0 saturated heterocycles. The molecule has 1 atom stereocenters. The van der Waals surface area contributed by atoms with Gasteiger partial charge in [0.15, 0.2) is 0 Å². The number of carbonyl (C=O) groups is 1. The van der Waals surface area contributed by atoms with Crippen LogP contribution >= 0.6 is 27.3 Å². The molecular weight excluding hydrogens is 360 g/mol. The van der Waals surface area contributed by atoms with Crippen molar-refractivity contribution in [3.8, 4) is 0 Å². The first-order valence-corrected chi connectivity index (χ1v) is 8.78. The topological polar surface area (TPSA) is 55.1 Å². The zero-order valence-electron chi connectivity index (χ0n) is 13.0. The van der Waals surface area contributed by atoms with Gasteiger partial charge in [-0.15, -0.1) is 11.3 Å². The average molecular weight is 381 g/mol. The molecular formula is C17H21BrN2OS. The third-order valence-electron chi connectivity index (χ3n) is 3.79. The van der Waals surface area contributed by atoms with Gasteiger partial charge in [0.2, 0.25) is 5.91 Å². The van der Waals surface area contributed by atoms with Crippen LogP contribution in [0.4, 0.5) is 0 Å². The number of thiophene rings is 1. The summed E-state index contributed by atoms with van der Waals surface area (Å²) >= 11 is 5.09. The molecule has 118 valence electrons. The quantitative estimate of drug-likeness (QED) is 0.828.